The quantitative estimate of drug-likeness (QED) is 0.671. The molecule has 2 aromatic heterocycles. The summed E-state index contributed by atoms with van der Waals surface area (Å²) in [5.41, 5.74) is 2.55. The van der Waals surface area contributed by atoms with E-state index >= 15 is 0 Å². The van der Waals surface area contributed by atoms with Gasteiger partial charge in [0.1, 0.15) is 11.7 Å². The number of nitrogens with one attached hydrogen (secondary N) is 2. The Morgan fingerprint density at radius 3 is 2.81 bits per heavy atom. The fraction of sp³-hybridized carbons (Fsp3) is 0.125. The lowest BCUT2D eigenvalue weighted by Gasteiger charge is -2.14. The van der Waals surface area contributed by atoms with Crippen LogP contribution in [0.4, 0.5) is 0 Å². The van der Waals surface area contributed by atoms with Gasteiger partial charge in [0.15, 0.2) is 0 Å². The molecule has 5 heteroatoms. The van der Waals surface area contributed by atoms with Crippen molar-refractivity contribution in [1.82, 2.24) is 15.3 Å². The molecular weight excluding hydrogens is 266 g/mol. The van der Waals surface area contributed by atoms with Crippen LogP contribution < -0.4 is 5.32 Å². The van der Waals surface area contributed by atoms with Gasteiger partial charge in [-0.2, -0.15) is 0 Å². The van der Waals surface area contributed by atoms with Crippen LogP contribution in [-0.4, -0.2) is 21.0 Å². The number of hydrogen-bond donors (Lipinski definition) is 3. The Labute approximate surface area is 121 Å². The Balaban J connectivity index is 1.80. The smallest absolute Gasteiger partial charge is 0.325 e. The van der Waals surface area contributed by atoms with Crippen molar-refractivity contribution in [3.63, 3.8) is 0 Å². The van der Waals surface area contributed by atoms with Gasteiger partial charge in [-0.3, -0.25) is 10.1 Å². The van der Waals surface area contributed by atoms with E-state index in [9.17, 15) is 9.90 Å². The van der Waals surface area contributed by atoms with E-state index in [0.717, 1.165) is 22.2 Å². The lowest BCUT2D eigenvalue weighted by Crippen LogP contribution is -2.27. The zero-order valence-corrected chi connectivity index (χ0v) is 11.3. The molecular formula is C16H15N3O2. The summed E-state index contributed by atoms with van der Waals surface area (Å²) in [5.74, 6) is -0.890. The first kappa shape index (κ1) is 13.3. The summed E-state index contributed by atoms with van der Waals surface area (Å²) >= 11 is 0. The Kier molecular flexibility index (Phi) is 3.66. The number of nitrogens with zero attached hydrogens (tertiary/aromatic N) is 1. The SMILES string of the molecule is O=C(O)C(NCc1c[nH]c2ncccc12)c1ccccc1. The summed E-state index contributed by atoms with van der Waals surface area (Å²) in [4.78, 5) is 18.7. The molecule has 0 aliphatic rings. The van der Waals surface area contributed by atoms with E-state index in [2.05, 4.69) is 15.3 Å². The second-order valence-corrected chi connectivity index (χ2v) is 4.78. The lowest BCUT2D eigenvalue weighted by atomic mass is 10.1. The van der Waals surface area contributed by atoms with E-state index in [4.69, 9.17) is 0 Å². The maximum absolute atomic E-state index is 11.4. The molecule has 0 radical (unpaired) electrons. The fourth-order valence-electron chi connectivity index (χ4n) is 2.36. The summed E-state index contributed by atoms with van der Waals surface area (Å²) in [6.07, 6.45) is 3.58. The zero-order chi connectivity index (χ0) is 14.7. The minimum atomic E-state index is -0.890. The van der Waals surface area contributed by atoms with Crippen LogP contribution in [0, 0.1) is 0 Å². The summed E-state index contributed by atoms with van der Waals surface area (Å²) in [6.45, 7) is 0.456. The van der Waals surface area contributed by atoms with Crippen molar-refractivity contribution >= 4 is 17.0 Å². The van der Waals surface area contributed by atoms with Crippen LogP contribution in [0.2, 0.25) is 0 Å². The highest BCUT2D eigenvalue weighted by atomic mass is 16.4. The number of benzene rings is 1. The summed E-state index contributed by atoms with van der Waals surface area (Å²) in [6, 6.07) is 12.3. The normalized spacial score (nSPS) is 12.4. The minimum absolute atomic E-state index is 0.456. The summed E-state index contributed by atoms with van der Waals surface area (Å²) in [7, 11) is 0. The van der Waals surface area contributed by atoms with Gasteiger partial charge in [-0.25, -0.2) is 4.98 Å². The van der Waals surface area contributed by atoms with Crippen LogP contribution in [0.3, 0.4) is 0 Å². The van der Waals surface area contributed by atoms with Gasteiger partial charge in [0.05, 0.1) is 0 Å². The first-order valence-corrected chi connectivity index (χ1v) is 6.68. The van der Waals surface area contributed by atoms with Crippen molar-refractivity contribution in [3.05, 3.63) is 66.0 Å². The number of aromatic nitrogens is 2. The third-order valence-electron chi connectivity index (χ3n) is 3.41. The molecule has 0 amide bonds. The van der Waals surface area contributed by atoms with Crippen molar-refractivity contribution in [1.29, 1.82) is 0 Å². The van der Waals surface area contributed by atoms with Crippen LogP contribution in [0.15, 0.2) is 54.9 Å². The van der Waals surface area contributed by atoms with Crippen LogP contribution in [-0.2, 0) is 11.3 Å². The lowest BCUT2D eigenvalue weighted by molar-refractivity contribution is -0.139. The standard InChI is InChI=1S/C16H15N3O2/c20-16(21)14(11-5-2-1-3-6-11)18-9-12-10-19-15-13(12)7-4-8-17-15/h1-8,10,14,18H,9H2,(H,17,19)(H,20,21). The topological polar surface area (TPSA) is 78.0 Å². The maximum atomic E-state index is 11.4. The van der Waals surface area contributed by atoms with E-state index in [1.165, 1.54) is 0 Å². The maximum Gasteiger partial charge on any atom is 0.325 e. The molecule has 21 heavy (non-hydrogen) atoms. The second-order valence-electron chi connectivity index (χ2n) is 4.78. The van der Waals surface area contributed by atoms with Gasteiger partial charge in [-0.1, -0.05) is 30.3 Å². The second kappa shape index (κ2) is 5.76. The molecule has 0 aliphatic heterocycles. The van der Waals surface area contributed by atoms with Crippen LogP contribution in [0.25, 0.3) is 11.0 Å². The van der Waals surface area contributed by atoms with Gasteiger partial charge in [0.25, 0.3) is 0 Å². The highest BCUT2D eigenvalue weighted by Crippen LogP contribution is 2.18. The third-order valence-corrected chi connectivity index (χ3v) is 3.41. The third kappa shape index (κ3) is 2.78. The Morgan fingerprint density at radius 1 is 1.24 bits per heavy atom. The molecule has 3 N–H and O–H groups in total. The fourth-order valence-corrected chi connectivity index (χ4v) is 2.36. The van der Waals surface area contributed by atoms with Gasteiger partial charge < -0.3 is 10.1 Å². The number of rotatable bonds is 5. The number of aliphatic carboxylic acids is 1. The van der Waals surface area contributed by atoms with Gasteiger partial charge in [-0.15, -0.1) is 0 Å². The number of carboxylic acid groups (broad SMARTS) is 1. The molecule has 1 atom stereocenters. The summed E-state index contributed by atoms with van der Waals surface area (Å²) in [5, 5.41) is 13.5. The predicted octanol–water partition coefficient (Wildman–Crippen LogP) is 2.48. The summed E-state index contributed by atoms with van der Waals surface area (Å²) < 4.78 is 0. The van der Waals surface area contributed by atoms with Crippen molar-refractivity contribution in [2.24, 2.45) is 0 Å². The zero-order valence-electron chi connectivity index (χ0n) is 11.3. The number of carboxylic acids is 1. The predicted molar refractivity (Wildman–Crippen MR) is 79.8 cm³/mol. The number of aromatic amines is 1. The van der Waals surface area contributed by atoms with Gasteiger partial charge in [0.2, 0.25) is 0 Å². The Bertz CT molecular complexity index is 752. The molecule has 0 saturated carbocycles. The molecule has 0 spiro atoms. The molecule has 1 aromatic carbocycles. The van der Waals surface area contributed by atoms with E-state index in [-0.39, 0.29) is 0 Å². The molecule has 0 bridgehead atoms. The number of fused-ring (bicyclic) bond motifs is 1. The average Bonchev–Trinajstić information content (AvgIpc) is 2.92. The number of carbonyl (C=O) groups is 1. The molecule has 0 fully saturated rings. The average molecular weight is 281 g/mol. The molecule has 106 valence electrons. The Morgan fingerprint density at radius 2 is 2.05 bits per heavy atom. The van der Waals surface area contributed by atoms with Crippen molar-refractivity contribution < 1.29 is 9.90 Å². The molecule has 3 rings (SSSR count). The molecule has 0 aliphatic carbocycles. The number of pyridine rings is 1. The molecule has 1 unspecified atom stereocenters. The van der Waals surface area contributed by atoms with E-state index in [0.29, 0.717) is 6.54 Å². The van der Waals surface area contributed by atoms with E-state index in [1.807, 2.05) is 48.7 Å². The largest absolute Gasteiger partial charge is 0.480 e. The molecule has 5 nitrogen and oxygen atoms in total. The molecule has 0 saturated heterocycles. The van der Waals surface area contributed by atoms with Gasteiger partial charge in [-0.05, 0) is 23.3 Å². The van der Waals surface area contributed by atoms with Crippen LogP contribution >= 0.6 is 0 Å². The van der Waals surface area contributed by atoms with Crippen LogP contribution in [0.5, 0.6) is 0 Å². The van der Waals surface area contributed by atoms with Crippen LogP contribution in [0.1, 0.15) is 17.2 Å². The monoisotopic (exact) mass is 281 g/mol. The number of hydrogen-bond acceptors (Lipinski definition) is 3. The first-order chi connectivity index (χ1) is 10.3. The van der Waals surface area contributed by atoms with E-state index in [1.54, 1.807) is 6.20 Å². The first-order valence-electron chi connectivity index (χ1n) is 6.68. The van der Waals surface area contributed by atoms with Crippen molar-refractivity contribution in [3.8, 4) is 0 Å². The van der Waals surface area contributed by atoms with Crippen molar-refractivity contribution in [2.45, 2.75) is 12.6 Å². The highest BCUT2D eigenvalue weighted by Gasteiger charge is 2.19. The number of H-pyrrole nitrogens is 1. The minimum Gasteiger partial charge on any atom is -0.480 e. The Hall–Kier alpha value is -2.66. The highest BCUT2D eigenvalue weighted by molar-refractivity contribution is 5.79. The molecule has 2 heterocycles. The van der Waals surface area contributed by atoms with Gasteiger partial charge in [0, 0.05) is 24.3 Å². The van der Waals surface area contributed by atoms with Gasteiger partial charge >= 0.3 is 5.97 Å². The van der Waals surface area contributed by atoms with Crippen molar-refractivity contribution in [2.75, 3.05) is 0 Å². The molecule has 3 aromatic rings. The van der Waals surface area contributed by atoms with E-state index < -0.39 is 12.0 Å².